The molecule has 0 amide bonds. The molecule has 106 valence electrons. The molecule has 0 aliphatic heterocycles. The fourth-order valence-electron chi connectivity index (χ4n) is 2.20. The Hall–Kier alpha value is -1.49. The smallest absolute Gasteiger partial charge is 0.169 e. The first-order valence-electron chi connectivity index (χ1n) is 6.43. The van der Waals surface area contributed by atoms with E-state index in [4.69, 9.17) is 0 Å². The predicted octanol–water partition coefficient (Wildman–Crippen LogP) is 3.62. The average molecular weight is 339 g/mol. The van der Waals surface area contributed by atoms with Gasteiger partial charge in [0, 0.05) is 12.6 Å². The number of ketones is 1. The second-order valence-electron chi connectivity index (χ2n) is 4.74. The lowest BCUT2D eigenvalue weighted by molar-refractivity contribution is 0.0990. The summed E-state index contributed by atoms with van der Waals surface area (Å²) >= 11 is 3.50. The van der Waals surface area contributed by atoms with Gasteiger partial charge in [0.25, 0.3) is 0 Å². The highest BCUT2D eigenvalue weighted by Gasteiger charge is 2.18. The Bertz CT molecular complexity index is 664. The van der Waals surface area contributed by atoms with Crippen LogP contribution in [0.2, 0.25) is 0 Å². The van der Waals surface area contributed by atoms with E-state index in [2.05, 4.69) is 21.0 Å². The second kappa shape index (κ2) is 5.87. The van der Waals surface area contributed by atoms with Crippen LogP contribution >= 0.6 is 15.9 Å². The van der Waals surface area contributed by atoms with Crippen molar-refractivity contribution >= 4 is 21.7 Å². The van der Waals surface area contributed by atoms with Crippen LogP contribution < -0.4 is 0 Å². The van der Waals surface area contributed by atoms with Crippen molar-refractivity contribution in [1.29, 1.82) is 0 Å². The van der Waals surface area contributed by atoms with Gasteiger partial charge in [-0.15, -0.1) is 0 Å². The normalized spacial score (nSPS) is 10.8. The number of hydrogen-bond acceptors (Lipinski definition) is 2. The first-order valence-corrected chi connectivity index (χ1v) is 7.23. The summed E-state index contributed by atoms with van der Waals surface area (Å²) < 4.78 is 15.7. The summed E-state index contributed by atoms with van der Waals surface area (Å²) in [5.41, 5.74) is 2.99. The summed E-state index contributed by atoms with van der Waals surface area (Å²) in [6, 6.07) is 4.23. The van der Waals surface area contributed by atoms with Crippen molar-refractivity contribution in [3.8, 4) is 0 Å². The van der Waals surface area contributed by atoms with Crippen molar-refractivity contribution in [2.75, 3.05) is 0 Å². The minimum absolute atomic E-state index is 0.0335. The molecule has 0 atom stereocenters. The fraction of sp³-hybridized carbons (Fsp3) is 0.333. The molecule has 0 saturated heterocycles. The van der Waals surface area contributed by atoms with Gasteiger partial charge in [-0.3, -0.25) is 9.48 Å². The van der Waals surface area contributed by atoms with E-state index in [1.165, 1.54) is 18.2 Å². The van der Waals surface area contributed by atoms with Gasteiger partial charge in [-0.2, -0.15) is 5.10 Å². The van der Waals surface area contributed by atoms with E-state index in [-0.39, 0.29) is 18.0 Å². The van der Waals surface area contributed by atoms with Crippen LogP contribution in [-0.2, 0) is 19.9 Å². The van der Waals surface area contributed by atoms with E-state index >= 15 is 0 Å². The molecule has 2 aromatic rings. The molecule has 0 fully saturated rings. The molecule has 0 bridgehead atoms. The van der Waals surface area contributed by atoms with Gasteiger partial charge in [0.15, 0.2) is 5.78 Å². The van der Waals surface area contributed by atoms with Gasteiger partial charge in [-0.1, -0.05) is 6.92 Å². The predicted molar refractivity (Wildman–Crippen MR) is 79.5 cm³/mol. The number of rotatable bonds is 4. The maximum absolute atomic E-state index is 13.1. The van der Waals surface area contributed by atoms with E-state index in [1.54, 1.807) is 11.6 Å². The van der Waals surface area contributed by atoms with E-state index in [9.17, 15) is 9.18 Å². The zero-order chi connectivity index (χ0) is 14.9. The molecular weight excluding hydrogens is 323 g/mol. The van der Waals surface area contributed by atoms with E-state index in [1.807, 2.05) is 14.0 Å². The van der Waals surface area contributed by atoms with Crippen LogP contribution in [0.25, 0.3) is 0 Å². The molecule has 1 aromatic carbocycles. The summed E-state index contributed by atoms with van der Waals surface area (Å²) in [7, 11) is 1.82. The van der Waals surface area contributed by atoms with Crippen LogP contribution in [-0.4, -0.2) is 15.6 Å². The maximum Gasteiger partial charge on any atom is 0.169 e. The summed E-state index contributed by atoms with van der Waals surface area (Å²) in [6.45, 7) is 3.76. The molecule has 2 rings (SSSR count). The van der Waals surface area contributed by atoms with Crippen molar-refractivity contribution in [3.05, 3.63) is 51.0 Å². The topological polar surface area (TPSA) is 34.9 Å². The lowest BCUT2D eigenvalue weighted by Crippen LogP contribution is -2.10. The Morgan fingerprint density at radius 2 is 2.15 bits per heavy atom. The van der Waals surface area contributed by atoms with Crippen molar-refractivity contribution in [1.82, 2.24) is 9.78 Å². The number of carbonyl (C=O) groups is 1. The lowest BCUT2D eigenvalue weighted by atomic mass is 10.0. The highest BCUT2D eigenvalue weighted by Crippen LogP contribution is 2.23. The lowest BCUT2D eigenvalue weighted by Gasteiger charge is -2.06. The average Bonchev–Trinajstić information content (AvgIpc) is 2.66. The third-order valence-corrected chi connectivity index (χ3v) is 4.24. The van der Waals surface area contributed by atoms with Crippen LogP contribution in [0.3, 0.4) is 0 Å². The van der Waals surface area contributed by atoms with Gasteiger partial charge in [0.1, 0.15) is 5.82 Å². The molecular formula is C15H16BrFN2O. The summed E-state index contributed by atoms with van der Waals surface area (Å²) in [4.78, 5) is 12.4. The number of carbonyl (C=O) groups excluding carboxylic acids is 1. The number of halogens is 2. The molecule has 0 aliphatic rings. The SMILES string of the molecule is CCc1nn(C)c(CC(=O)c2ccc(F)cc2C)c1Br. The highest BCUT2D eigenvalue weighted by atomic mass is 79.9. The third kappa shape index (κ3) is 2.82. The van der Waals surface area contributed by atoms with Crippen molar-refractivity contribution in [3.63, 3.8) is 0 Å². The van der Waals surface area contributed by atoms with E-state index in [0.717, 1.165) is 22.3 Å². The number of aromatic nitrogens is 2. The standard InChI is InChI=1S/C15H16BrFN2O/c1-4-12-15(16)13(19(3)18-12)8-14(20)11-6-5-10(17)7-9(11)2/h5-7H,4,8H2,1-3H3. The summed E-state index contributed by atoms with van der Waals surface area (Å²) in [5.74, 6) is -0.358. The van der Waals surface area contributed by atoms with Gasteiger partial charge in [-0.05, 0) is 53.0 Å². The molecule has 1 heterocycles. The van der Waals surface area contributed by atoms with Gasteiger partial charge in [0.2, 0.25) is 0 Å². The monoisotopic (exact) mass is 338 g/mol. The fourth-order valence-corrected chi connectivity index (χ4v) is 2.96. The quantitative estimate of drug-likeness (QED) is 0.798. The van der Waals surface area contributed by atoms with Crippen LogP contribution in [0.15, 0.2) is 22.7 Å². The Morgan fingerprint density at radius 1 is 1.45 bits per heavy atom. The number of hydrogen-bond donors (Lipinski definition) is 0. The Morgan fingerprint density at radius 3 is 2.70 bits per heavy atom. The number of aryl methyl sites for hydroxylation is 3. The van der Waals surface area contributed by atoms with Crippen molar-refractivity contribution < 1.29 is 9.18 Å². The summed E-state index contributed by atoms with van der Waals surface area (Å²) in [5, 5.41) is 4.37. The molecule has 0 aliphatic carbocycles. The first kappa shape index (κ1) is 14.9. The maximum atomic E-state index is 13.1. The van der Waals surface area contributed by atoms with Crippen molar-refractivity contribution in [2.45, 2.75) is 26.7 Å². The molecule has 0 saturated carbocycles. The zero-order valence-corrected chi connectivity index (χ0v) is 13.3. The Kier molecular flexibility index (Phi) is 4.38. The minimum atomic E-state index is -0.325. The minimum Gasteiger partial charge on any atom is -0.294 e. The number of benzene rings is 1. The molecule has 0 unspecified atom stereocenters. The molecule has 3 nitrogen and oxygen atoms in total. The summed E-state index contributed by atoms with van der Waals surface area (Å²) in [6.07, 6.45) is 1.05. The zero-order valence-electron chi connectivity index (χ0n) is 11.7. The first-order chi connectivity index (χ1) is 9.43. The van der Waals surface area contributed by atoms with Gasteiger partial charge >= 0.3 is 0 Å². The molecule has 0 spiro atoms. The molecule has 5 heteroatoms. The van der Waals surface area contributed by atoms with Crippen LogP contribution in [0.1, 0.15) is 34.2 Å². The Balaban J connectivity index is 2.30. The largest absolute Gasteiger partial charge is 0.294 e. The van der Waals surface area contributed by atoms with Crippen LogP contribution in [0, 0.1) is 12.7 Å². The molecule has 0 radical (unpaired) electrons. The van der Waals surface area contributed by atoms with Gasteiger partial charge < -0.3 is 0 Å². The van der Waals surface area contributed by atoms with Gasteiger partial charge in [0.05, 0.1) is 22.3 Å². The number of nitrogens with zero attached hydrogens (tertiary/aromatic N) is 2. The van der Waals surface area contributed by atoms with Crippen LogP contribution in [0.4, 0.5) is 4.39 Å². The number of Topliss-reactive ketones (excluding diaryl/α,β-unsaturated/α-hetero) is 1. The molecule has 0 N–H and O–H groups in total. The molecule has 1 aromatic heterocycles. The second-order valence-corrected chi connectivity index (χ2v) is 5.54. The van der Waals surface area contributed by atoms with Crippen LogP contribution in [0.5, 0.6) is 0 Å². The highest BCUT2D eigenvalue weighted by molar-refractivity contribution is 9.10. The van der Waals surface area contributed by atoms with E-state index in [0.29, 0.717) is 11.1 Å². The van der Waals surface area contributed by atoms with E-state index < -0.39 is 0 Å². The Labute approximate surface area is 125 Å². The molecule has 20 heavy (non-hydrogen) atoms. The van der Waals surface area contributed by atoms with Crippen molar-refractivity contribution in [2.24, 2.45) is 7.05 Å². The third-order valence-electron chi connectivity index (χ3n) is 3.32. The van der Waals surface area contributed by atoms with Gasteiger partial charge in [-0.25, -0.2) is 4.39 Å².